The summed E-state index contributed by atoms with van der Waals surface area (Å²) in [6, 6.07) is 11.2. The Morgan fingerprint density at radius 1 is 0.923 bits per heavy atom. The number of alkyl halides is 6. The van der Waals surface area contributed by atoms with E-state index in [9.17, 15) is 26.3 Å². The number of pyridine rings is 1. The third-order valence-electron chi connectivity index (χ3n) is 6.37. The standard InChI is InChI=1S/C20H20N4S.2C2HF3O2/c1-2-17(13-21-9-1)16-4-3-15-5-6-20(18(15)12-16)7-10-24(11-8-20)19-23-22-14-25-19;2*3-2(4,5)1(6)7/h1-4,9,12-14H,5-8,10-11H2;2*(H,6,7). The Hall–Kier alpha value is -3.75. The smallest absolute Gasteiger partial charge is 0.475 e. The van der Waals surface area contributed by atoms with Gasteiger partial charge in [0.1, 0.15) is 5.51 Å². The van der Waals surface area contributed by atoms with Crippen molar-refractivity contribution in [2.24, 2.45) is 0 Å². The summed E-state index contributed by atoms with van der Waals surface area (Å²) in [5.41, 5.74) is 7.78. The topological polar surface area (TPSA) is 117 Å². The molecular weight excluding hydrogens is 554 g/mol. The Balaban J connectivity index is 0.000000251. The maximum Gasteiger partial charge on any atom is 0.490 e. The Labute approximate surface area is 221 Å². The van der Waals surface area contributed by atoms with E-state index in [1.54, 1.807) is 16.9 Å². The van der Waals surface area contributed by atoms with Gasteiger partial charge in [0.05, 0.1) is 0 Å². The van der Waals surface area contributed by atoms with E-state index in [0.29, 0.717) is 5.41 Å². The van der Waals surface area contributed by atoms with E-state index in [1.807, 2.05) is 24.0 Å². The van der Waals surface area contributed by atoms with E-state index in [0.717, 1.165) is 18.2 Å². The Bertz CT molecular complexity index is 1240. The monoisotopic (exact) mass is 576 g/mol. The van der Waals surface area contributed by atoms with Gasteiger partial charge in [-0.25, -0.2) is 9.59 Å². The fraction of sp³-hybridized carbons (Fsp3) is 0.375. The summed E-state index contributed by atoms with van der Waals surface area (Å²) in [6.45, 7) is 2.15. The minimum atomic E-state index is -5.08. The van der Waals surface area contributed by atoms with E-state index < -0.39 is 24.3 Å². The predicted octanol–water partition coefficient (Wildman–Crippen LogP) is 5.35. The molecule has 2 N–H and O–H groups in total. The van der Waals surface area contributed by atoms with Gasteiger partial charge in [-0.2, -0.15) is 26.3 Å². The number of hydrogen-bond donors (Lipinski definition) is 2. The minimum absolute atomic E-state index is 0.342. The molecule has 5 rings (SSSR count). The number of rotatable bonds is 2. The molecule has 1 aliphatic carbocycles. The number of halogens is 6. The SMILES string of the molecule is O=C(O)C(F)(F)F.O=C(O)C(F)(F)F.c1cncc(-c2ccc3c(c2)C2(CC3)CCN(c3nncs3)CC2)c1. The zero-order valence-corrected chi connectivity index (χ0v) is 20.9. The molecule has 0 saturated carbocycles. The van der Waals surface area contributed by atoms with Gasteiger partial charge < -0.3 is 15.1 Å². The molecular formula is C24H22F6N4O4S. The van der Waals surface area contributed by atoms with Crippen LogP contribution in [0.2, 0.25) is 0 Å². The largest absolute Gasteiger partial charge is 0.490 e. The molecule has 2 aliphatic rings. The van der Waals surface area contributed by atoms with E-state index in [-0.39, 0.29) is 0 Å². The average Bonchev–Trinajstić information content (AvgIpc) is 3.54. The van der Waals surface area contributed by atoms with Crippen LogP contribution >= 0.6 is 11.3 Å². The van der Waals surface area contributed by atoms with E-state index in [1.165, 1.54) is 42.4 Å². The molecule has 0 unspecified atom stereocenters. The van der Waals surface area contributed by atoms with Gasteiger partial charge in [0.25, 0.3) is 0 Å². The van der Waals surface area contributed by atoms with Crippen molar-refractivity contribution >= 4 is 28.4 Å². The summed E-state index contributed by atoms with van der Waals surface area (Å²) in [5.74, 6) is -5.51. The number of hydrogen-bond acceptors (Lipinski definition) is 7. The van der Waals surface area contributed by atoms with E-state index in [2.05, 4.69) is 44.3 Å². The van der Waals surface area contributed by atoms with Crippen molar-refractivity contribution in [3.63, 3.8) is 0 Å². The number of aromatic nitrogens is 3. The molecule has 1 saturated heterocycles. The molecule has 0 atom stereocenters. The van der Waals surface area contributed by atoms with Gasteiger partial charge in [-0.3, -0.25) is 4.98 Å². The summed E-state index contributed by atoms with van der Waals surface area (Å²) >= 11 is 1.64. The first kappa shape index (κ1) is 29.8. The van der Waals surface area contributed by atoms with Crippen LogP contribution in [-0.4, -0.2) is 62.8 Å². The molecule has 0 bridgehead atoms. The number of anilines is 1. The lowest BCUT2D eigenvalue weighted by Gasteiger charge is -2.40. The van der Waals surface area contributed by atoms with Crippen molar-refractivity contribution in [3.05, 3.63) is 59.4 Å². The first-order valence-electron chi connectivity index (χ1n) is 11.4. The number of aryl methyl sites for hydroxylation is 1. The normalized spacial score (nSPS) is 15.9. The molecule has 8 nitrogen and oxygen atoms in total. The van der Waals surface area contributed by atoms with E-state index in [4.69, 9.17) is 19.8 Å². The van der Waals surface area contributed by atoms with Crippen LogP contribution < -0.4 is 4.90 Å². The molecule has 39 heavy (non-hydrogen) atoms. The lowest BCUT2D eigenvalue weighted by Crippen LogP contribution is -2.41. The van der Waals surface area contributed by atoms with Gasteiger partial charge in [0.15, 0.2) is 0 Å². The van der Waals surface area contributed by atoms with Gasteiger partial charge in [0, 0.05) is 25.5 Å². The van der Waals surface area contributed by atoms with Crippen LogP contribution in [0.15, 0.2) is 48.2 Å². The fourth-order valence-corrected chi connectivity index (χ4v) is 5.07. The van der Waals surface area contributed by atoms with Crippen LogP contribution in [0.4, 0.5) is 31.5 Å². The Kier molecular flexibility index (Phi) is 9.14. The summed E-state index contributed by atoms with van der Waals surface area (Å²) in [5, 5.41) is 23.5. The Morgan fingerprint density at radius 3 is 2.03 bits per heavy atom. The lowest BCUT2D eigenvalue weighted by atomic mass is 9.73. The molecule has 0 radical (unpaired) electrons. The van der Waals surface area contributed by atoms with Crippen molar-refractivity contribution in [2.75, 3.05) is 18.0 Å². The maximum absolute atomic E-state index is 10.6. The Morgan fingerprint density at radius 2 is 1.54 bits per heavy atom. The van der Waals surface area contributed by atoms with Crippen LogP contribution in [-0.2, 0) is 21.4 Å². The van der Waals surface area contributed by atoms with Crippen LogP contribution in [0, 0.1) is 0 Å². The number of piperidine rings is 1. The van der Waals surface area contributed by atoms with Gasteiger partial charge in [0.2, 0.25) is 5.13 Å². The molecule has 2 aromatic heterocycles. The number of carboxylic acids is 2. The van der Waals surface area contributed by atoms with Crippen LogP contribution in [0.25, 0.3) is 11.1 Å². The average molecular weight is 577 g/mol. The maximum atomic E-state index is 10.6. The van der Waals surface area contributed by atoms with Crippen LogP contribution in [0.5, 0.6) is 0 Å². The number of nitrogens with zero attached hydrogens (tertiary/aromatic N) is 4. The van der Waals surface area contributed by atoms with Crippen molar-refractivity contribution in [3.8, 4) is 11.1 Å². The van der Waals surface area contributed by atoms with Crippen molar-refractivity contribution < 1.29 is 46.1 Å². The highest BCUT2D eigenvalue weighted by Gasteiger charge is 2.42. The molecule has 1 spiro atoms. The molecule has 3 aromatic rings. The summed E-state index contributed by atoms with van der Waals surface area (Å²) < 4.78 is 63.5. The molecule has 15 heteroatoms. The zero-order valence-electron chi connectivity index (χ0n) is 20.0. The third-order valence-corrected chi connectivity index (χ3v) is 7.12. The summed E-state index contributed by atoms with van der Waals surface area (Å²) in [7, 11) is 0. The summed E-state index contributed by atoms with van der Waals surface area (Å²) in [6.07, 6.45) is -1.47. The van der Waals surface area contributed by atoms with Gasteiger partial charge in [-0.1, -0.05) is 35.6 Å². The van der Waals surface area contributed by atoms with Crippen molar-refractivity contribution in [2.45, 2.75) is 43.5 Å². The van der Waals surface area contributed by atoms with Gasteiger partial charge in [-0.05, 0) is 59.4 Å². The molecule has 210 valence electrons. The number of fused-ring (bicyclic) bond motifs is 2. The quantitative estimate of drug-likeness (QED) is 0.392. The first-order chi connectivity index (χ1) is 18.2. The fourth-order valence-electron chi connectivity index (χ4n) is 4.46. The van der Waals surface area contributed by atoms with Gasteiger partial charge >= 0.3 is 24.3 Å². The van der Waals surface area contributed by atoms with Gasteiger partial charge in [-0.15, -0.1) is 10.2 Å². The van der Waals surface area contributed by atoms with Crippen LogP contribution in [0.3, 0.4) is 0 Å². The molecule has 1 fully saturated rings. The molecule has 1 aliphatic heterocycles. The third kappa shape index (κ3) is 7.65. The van der Waals surface area contributed by atoms with E-state index >= 15 is 0 Å². The van der Waals surface area contributed by atoms with Crippen molar-refractivity contribution in [1.29, 1.82) is 0 Å². The molecule has 3 heterocycles. The number of aliphatic carboxylic acids is 2. The number of carbonyl (C=O) groups is 2. The highest BCUT2D eigenvalue weighted by Crippen LogP contribution is 2.47. The first-order valence-corrected chi connectivity index (χ1v) is 12.3. The zero-order chi connectivity index (χ0) is 28.8. The number of carboxylic acid groups (broad SMARTS) is 2. The highest BCUT2D eigenvalue weighted by molar-refractivity contribution is 7.13. The summed E-state index contributed by atoms with van der Waals surface area (Å²) in [4.78, 5) is 24.5. The molecule has 1 aromatic carbocycles. The van der Waals surface area contributed by atoms with Crippen LogP contribution in [0.1, 0.15) is 30.4 Å². The second-order valence-electron chi connectivity index (χ2n) is 8.71. The second kappa shape index (κ2) is 12.0. The molecule has 0 amide bonds. The lowest BCUT2D eigenvalue weighted by molar-refractivity contribution is -0.193. The number of benzene rings is 1. The second-order valence-corrected chi connectivity index (χ2v) is 9.52. The van der Waals surface area contributed by atoms with Crippen molar-refractivity contribution in [1.82, 2.24) is 15.2 Å². The predicted molar refractivity (Wildman–Crippen MR) is 128 cm³/mol. The highest BCUT2D eigenvalue weighted by atomic mass is 32.1. The minimum Gasteiger partial charge on any atom is -0.475 e.